The molecule has 71 valence electrons. The van der Waals surface area contributed by atoms with Gasteiger partial charge in [-0.25, -0.2) is 0 Å². The average molecular weight is 176 g/mol. The summed E-state index contributed by atoms with van der Waals surface area (Å²) < 4.78 is 0. The molecule has 0 heterocycles. The Kier molecular flexibility index (Phi) is 4.55. The molecule has 1 nitrogen and oxygen atoms in total. The minimum Gasteiger partial charge on any atom is -0.324 e. The Bertz CT molecular complexity index is 218. The topological polar surface area (TPSA) is 26.0 Å². The molecule has 0 saturated carbocycles. The Morgan fingerprint density at radius 1 is 1.38 bits per heavy atom. The minimum absolute atomic E-state index is 0.174. The van der Waals surface area contributed by atoms with E-state index in [4.69, 9.17) is 5.73 Å². The summed E-state index contributed by atoms with van der Waals surface area (Å²) in [4.78, 5) is 0. The molecule has 0 amide bonds. The van der Waals surface area contributed by atoms with Gasteiger partial charge in [0.2, 0.25) is 0 Å². The van der Waals surface area contributed by atoms with Crippen molar-refractivity contribution in [3.8, 4) is 0 Å². The van der Waals surface area contributed by atoms with Crippen molar-refractivity contribution < 1.29 is 0 Å². The first-order valence-electron chi connectivity index (χ1n) is 5.06. The Hall–Kier alpha value is -0.820. The van der Waals surface area contributed by atoms with Crippen molar-refractivity contribution in [3.05, 3.63) is 35.9 Å². The van der Waals surface area contributed by atoms with Gasteiger partial charge >= 0.3 is 0 Å². The van der Waals surface area contributed by atoms with E-state index in [1.54, 1.807) is 0 Å². The molecule has 0 aliphatic heterocycles. The lowest BCUT2D eigenvalue weighted by Gasteiger charge is -2.10. The van der Waals surface area contributed by atoms with Crippen molar-refractivity contribution in [2.24, 2.45) is 5.73 Å². The maximum atomic E-state index is 6.00. The van der Waals surface area contributed by atoms with Crippen LogP contribution in [-0.2, 0) is 0 Å². The van der Waals surface area contributed by atoms with E-state index in [0.29, 0.717) is 0 Å². The molecule has 1 rings (SSSR count). The maximum Gasteiger partial charge on any atom is 0.0301 e. The zero-order valence-corrected chi connectivity index (χ0v) is 8.29. The largest absolute Gasteiger partial charge is 0.324 e. The van der Waals surface area contributed by atoms with Crippen molar-refractivity contribution in [2.45, 2.75) is 38.6 Å². The summed E-state index contributed by atoms with van der Waals surface area (Å²) in [5.74, 6) is 0. The van der Waals surface area contributed by atoms with Gasteiger partial charge in [-0.3, -0.25) is 0 Å². The van der Waals surface area contributed by atoms with Crippen LogP contribution in [0.5, 0.6) is 0 Å². The van der Waals surface area contributed by atoms with Crippen LogP contribution in [0.25, 0.3) is 0 Å². The van der Waals surface area contributed by atoms with Crippen molar-refractivity contribution >= 4 is 0 Å². The van der Waals surface area contributed by atoms with E-state index in [1.807, 2.05) is 18.2 Å². The Morgan fingerprint density at radius 2 is 2.23 bits per heavy atom. The van der Waals surface area contributed by atoms with Crippen LogP contribution in [0.4, 0.5) is 0 Å². The first kappa shape index (κ1) is 10.3. The van der Waals surface area contributed by atoms with Gasteiger partial charge in [0.15, 0.2) is 0 Å². The minimum atomic E-state index is 0.174. The SMILES string of the molecule is CCCCCC(N)c1[c]cccc1. The standard InChI is InChI=1S/C12H18N/c1-2-3-5-10-12(13)11-8-6-4-7-9-11/h4,6-8,12H,2-3,5,10,13H2,1H3. The van der Waals surface area contributed by atoms with E-state index in [0.717, 1.165) is 12.0 Å². The van der Waals surface area contributed by atoms with Gasteiger partial charge in [0.05, 0.1) is 0 Å². The van der Waals surface area contributed by atoms with E-state index >= 15 is 0 Å². The molecule has 13 heavy (non-hydrogen) atoms. The van der Waals surface area contributed by atoms with Crippen molar-refractivity contribution in [1.29, 1.82) is 0 Å². The number of rotatable bonds is 5. The molecule has 1 radical (unpaired) electrons. The van der Waals surface area contributed by atoms with Crippen LogP contribution >= 0.6 is 0 Å². The van der Waals surface area contributed by atoms with Crippen molar-refractivity contribution in [3.63, 3.8) is 0 Å². The van der Waals surface area contributed by atoms with Crippen LogP contribution in [-0.4, -0.2) is 0 Å². The fraction of sp³-hybridized carbons (Fsp3) is 0.500. The molecule has 1 heteroatoms. The summed E-state index contributed by atoms with van der Waals surface area (Å²) in [6.45, 7) is 2.21. The van der Waals surface area contributed by atoms with Crippen LogP contribution < -0.4 is 5.73 Å². The van der Waals surface area contributed by atoms with Gasteiger partial charge in [-0.15, -0.1) is 0 Å². The van der Waals surface area contributed by atoms with Crippen LogP contribution in [0, 0.1) is 6.07 Å². The Morgan fingerprint density at radius 3 is 2.85 bits per heavy atom. The number of benzene rings is 1. The highest BCUT2D eigenvalue weighted by Crippen LogP contribution is 2.15. The normalized spacial score (nSPS) is 12.8. The van der Waals surface area contributed by atoms with Crippen LogP contribution in [0.1, 0.15) is 44.2 Å². The third kappa shape index (κ3) is 3.60. The highest BCUT2D eigenvalue weighted by Gasteiger charge is 2.03. The smallest absolute Gasteiger partial charge is 0.0301 e. The summed E-state index contributed by atoms with van der Waals surface area (Å²) in [7, 11) is 0. The van der Waals surface area contributed by atoms with E-state index in [-0.39, 0.29) is 6.04 Å². The van der Waals surface area contributed by atoms with Crippen LogP contribution in [0.15, 0.2) is 24.3 Å². The summed E-state index contributed by atoms with van der Waals surface area (Å²) in [5, 5.41) is 0. The second-order valence-electron chi connectivity index (χ2n) is 3.42. The predicted molar refractivity (Wildman–Crippen MR) is 56.3 cm³/mol. The molecule has 1 unspecified atom stereocenters. The van der Waals surface area contributed by atoms with Crippen molar-refractivity contribution in [1.82, 2.24) is 0 Å². The monoisotopic (exact) mass is 176 g/mol. The molecule has 0 bridgehead atoms. The molecular weight excluding hydrogens is 158 g/mol. The van der Waals surface area contributed by atoms with Crippen LogP contribution in [0.2, 0.25) is 0 Å². The molecule has 0 aromatic heterocycles. The lowest BCUT2D eigenvalue weighted by Crippen LogP contribution is -2.09. The molecule has 1 aromatic rings. The van der Waals surface area contributed by atoms with Crippen LogP contribution in [0.3, 0.4) is 0 Å². The average Bonchev–Trinajstić information content (AvgIpc) is 2.19. The highest BCUT2D eigenvalue weighted by molar-refractivity contribution is 5.16. The summed E-state index contributed by atoms with van der Waals surface area (Å²) >= 11 is 0. The number of hydrogen-bond acceptors (Lipinski definition) is 1. The predicted octanol–water partition coefficient (Wildman–Crippen LogP) is 3.07. The third-order valence-electron chi connectivity index (χ3n) is 2.25. The zero-order chi connectivity index (χ0) is 9.52. The van der Waals surface area contributed by atoms with Gasteiger partial charge < -0.3 is 5.73 Å². The molecule has 2 N–H and O–H groups in total. The molecule has 0 aliphatic carbocycles. The molecule has 0 saturated heterocycles. The van der Waals surface area contributed by atoms with Crippen molar-refractivity contribution in [2.75, 3.05) is 0 Å². The molecule has 1 atom stereocenters. The molecule has 0 fully saturated rings. The second-order valence-corrected chi connectivity index (χ2v) is 3.42. The van der Waals surface area contributed by atoms with Gasteiger partial charge in [-0.2, -0.15) is 0 Å². The van der Waals surface area contributed by atoms with E-state index < -0.39 is 0 Å². The molecule has 0 aliphatic rings. The highest BCUT2D eigenvalue weighted by atomic mass is 14.6. The first-order valence-corrected chi connectivity index (χ1v) is 5.06. The number of hydrogen-bond donors (Lipinski definition) is 1. The third-order valence-corrected chi connectivity index (χ3v) is 2.25. The number of nitrogens with two attached hydrogens (primary N) is 1. The maximum absolute atomic E-state index is 6.00. The Labute approximate surface area is 81.0 Å². The Balaban J connectivity index is 2.35. The second kappa shape index (κ2) is 5.76. The fourth-order valence-electron chi connectivity index (χ4n) is 1.41. The molecule has 1 aromatic carbocycles. The lowest BCUT2D eigenvalue weighted by atomic mass is 10.0. The van der Waals surface area contributed by atoms with Gasteiger partial charge in [-0.1, -0.05) is 50.5 Å². The quantitative estimate of drug-likeness (QED) is 0.685. The lowest BCUT2D eigenvalue weighted by molar-refractivity contribution is 0.581. The van der Waals surface area contributed by atoms with Gasteiger partial charge in [-0.05, 0) is 18.1 Å². The summed E-state index contributed by atoms with van der Waals surface area (Å²) in [6.07, 6.45) is 4.83. The summed E-state index contributed by atoms with van der Waals surface area (Å²) in [5.41, 5.74) is 7.14. The fourth-order valence-corrected chi connectivity index (χ4v) is 1.41. The molecule has 0 spiro atoms. The van der Waals surface area contributed by atoms with Gasteiger partial charge in [0.25, 0.3) is 0 Å². The van der Waals surface area contributed by atoms with Gasteiger partial charge in [0.1, 0.15) is 0 Å². The molecular formula is C12H18N. The zero-order valence-electron chi connectivity index (χ0n) is 8.29. The van der Waals surface area contributed by atoms with Gasteiger partial charge in [0, 0.05) is 6.04 Å². The van der Waals surface area contributed by atoms with E-state index in [1.165, 1.54) is 19.3 Å². The number of unbranched alkanes of at least 4 members (excludes halogenated alkanes) is 2. The van der Waals surface area contributed by atoms with E-state index in [9.17, 15) is 0 Å². The first-order chi connectivity index (χ1) is 6.34. The summed E-state index contributed by atoms with van der Waals surface area (Å²) in [6, 6.07) is 11.3. The van der Waals surface area contributed by atoms with E-state index in [2.05, 4.69) is 19.1 Å².